The molecule has 0 radical (unpaired) electrons. The van der Waals surface area contributed by atoms with Gasteiger partial charge in [-0.2, -0.15) is 0 Å². The van der Waals surface area contributed by atoms with E-state index in [1.54, 1.807) is 19.3 Å². The second-order valence-corrected chi connectivity index (χ2v) is 4.40. The van der Waals surface area contributed by atoms with Crippen LogP contribution in [0.25, 0.3) is 0 Å². The van der Waals surface area contributed by atoms with Gasteiger partial charge in [0.05, 0.1) is 18.7 Å². The summed E-state index contributed by atoms with van der Waals surface area (Å²) in [6, 6.07) is 4.93. The van der Waals surface area contributed by atoms with E-state index in [0.717, 1.165) is 10.0 Å². The molecule has 1 unspecified atom stereocenters. The fraction of sp³-hybridized carbons (Fsp3) is 0.308. The lowest BCUT2D eigenvalue weighted by Crippen LogP contribution is -2.29. The van der Waals surface area contributed by atoms with Crippen molar-refractivity contribution in [3.05, 3.63) is 40.9 Å². The Bertz CT molecular complexity index is 434. The summed E-state index contributed by atoms with van der Waals surface area (Å²) in [4.78, 5) is 11.7. The van der Waals surface area contributed by atoms with Crippen molar-refractivity contribution in [2.45, 2.75) is 6.04 Å². The lowest BCUT2D eigenvalue weighted by Gasteiger charge is -2.16. The third kappa shape index (κ3) is 3.58. The summed E-state index contributed by atoms with van der Waals surface area (Å²) in [5.74, 6) is 0.375. The Morgan fingerprint density at radius 2 is 2.28 bits per heavy atom. The predicted octanol–water partition coefficient (Wildman–Crippen LogP) is 2.45. The summed E-state index contributed by atoms with van der Waals surface area (Å²) in [5.41, 5.74) is 0.802. The molecule has 0 aliphatic rings. The lowest BCUT2D eigenvalue weighted by atomic mass is 10.1. The van der Waals surface area contributed by atoms with Crippen LogP contribution >= 0.6 is 15.9 Å². The van der Waals surface area contributed by atoms with Gasteiger partial charge in [0.25, 0.3) is 0 Å². The highest BCUT2D eigenvalue weighted by Crippen LogP contribution is 2.28. The molecule has 4 nitrogen and oxygen atoms in total. The highest BCUT2D eigenvalue weighted by molar-refractivity contribution is 9.10. The van der Waals surface area contributed by atoms with E-state index in [-0.39, 0.29) is 5.97 Å². The minimum absolute atomic E-state index is 0.339. The van der Waals surface area contributed by atoms with Gasteiger partial charge in [-0.15, -0.1) is 6.58 Å². The Kier molecular flexibility index (Phi) is 5.88. The summed E-state index contributed by atoms with van der Waals surface area (Å²) in [6.07, 6.45) is 1.69. The second kappa shape index (κ2) is 7.18. The Morgan fingerprint density at radius 3 is 2.78 bits per heavy atom. The first-order chi connectivity index (χ1) is 8.63. The number of rotatable bonds is 6. The minimum atomic E-state index is -0.518. The zero-order chi connectivity index (χ0) is 13.5. The SMILES string of the molecule is C=CCNC(C(=O)OC)c1ccc(OC)c(Br)c1. The maximum absolute atomic E-state index is 11.7. The van der Waals surface area contributed by atoms with Crippen molar-refractivity contribution in [3.63, 3.8) is 0 Å². The van der Waals surface area contributed by atoms with Crippen LogP contribution in [0.15, 0.2) is 35.3 Å². The first kappa shape index (κ1) is 14.7. The zero-order valence-electron chi connectivity index (χ0n) is 10.4. The van der Waals surface area contributed by atoms with Crippen LogP contribution in [-0.4, -0.2) is 26.7 Å². The minimum Gasteiger partial charge on any atom is -0.496 e. The van der Waals surface area contributed by atoms with Gasteiger partial charge in [-0.1, -0.05) is 12.1 Å². The molecule has 5 heteroatoms. The number of carbonyl (C=O) groups is 1. The summed E-state index contributed by atoms with van der Waals surface area (Å²) < 4.78 is 10.7. The molecule has 0 aromatic heterocycles. The van der Waals surface area contributed by atoms with E-state index in [0.29, 0.717) is 12.3 Å². The summed E-state index contributed by atoms with van der Waals surface area (Å²) in [6.45, 7) is 4.13. The van der Waals surface area contributed by atoms with Crippen molar-refractivity contribution < 1.29 is 14.3 Å². The van der Waals surface area contributed by atoms with E-state index < -0.39 is 6.04 Å². The number of hydrogen-bond acceptors (Lipinski definition) is 4. The fourth-order valence-corrected chi connectivity index (χ4v) is 2.08. The van der Waals surface area contributed by atoms with Gasteiger partial charge < -0.3 is 9.47 Å². The molecule has 1 rings (SSSR count). The number of carbonyl (C=O) groups excluding carboxylic acids is 1. The standard InChI is InChI=1S/C13H16BrNO3/c1-4-7-15-12(13(16)18-3)9-5-6-11(17-2)10(14)8-9/h4-6,8,12,15H,1,7H2,2-3H3. The summed E-state index contributed by atoms with van der Waals surface area (Å²) >= 11 is 3.39. The largest absolute Gasteiger partial charge is 0.496 e. The van der Waals surface area contributed by atoms with Crippen molar-refractivity contribution in [1.29, 1.82) is 0 Å². The third-order valence-electron chi connectivity index (χ3n) is 2.41. The first-order valence-electron chi connectivity index (χ1n) is 5.39. The predicted molar refractivity (Wildman–Crippen MR) is 73.7 cm³/mol. The number of hydrogen-bond donors (Lipinski definition) is 1. The highest BCUT2D eigenvalue weighted by Gasteiger charge is 2.21. The van der Waals surface area contributed by atoms with Crippen LogP contribution in [0.1, 0.15) is 11.6 Å². The quantitative estimate of drug-likeness (QED) is 0.647. The van der Waals surface area contributed by atoms with Crippen LogP contribution in [0.5, 0.6) is 5.75 Å². The van der Waals surface area contributed by atoms with Crippen LogP contribution < -0.4 is 10.1 Å². The van der Waals surface area contributed by atoms with Gasteiger partial charge in [0.15, 0.2) is 0 Å². The lowest BCUT2D eigenvalue weighted by molar-refractivity contribution is -0.143. The second-order valence-electron chi connectivity index (χ2n) is 3.55. The van der Waals surface area contributed by atoms with E-state index >= 15 is 0 Å². The normalized spacial score (nSPS) is 11.7. The van der Waals surface area contributed by atoms with Crippen LogP contribution in [0.2, 0.25) is 0 Å². The molecule has 0 fully saturated rings. The van der Waals surface area contributed by atoms with Gasteiger partial charge in [0.1, 0.15) is 11.8 Å². The molecule has 0 aliphatic heterocycles. The van der Waals surface area contributed by atoms with Crippen LogP contribution in [0.3, 0.4) is 0 Å². The molecule has 0 bridgehead atoms. The van der Waals surface area contributed by atoms with E-state index in [1.165, 1.54) is 7.11 Å². The van der Waals surface area contributed by atoms with Gasteiger partial charge in [0, 0.05) is 6.54 Å². The molecule has 0 amide bonds. The van der Waals surface area contributed by atoms with Gasteiger partial charge in [0.2, 0.25) is 0 Å². The monoisotopic (exact) mass is 313 g/mol. The van der Waals surface area contributed by atoms with Crippen LogP contribution in [-0.2, 0) is 9.53 Å². The number of halogens is 1. The van der Waals surface area contributed by atoms with Crippen molar-refractivity contribution in [2.75, 3.05) is 20.8 Å². The number of esters is 1. The van der Waals surface area contributed by atoms with E-state index in [1.807, 2.05) is 12.1 Å². The van der Waals surface area contributed by atoms with Crippen molar-refractivity contribution >= 4 is 21.9 Å². The topological polar surface area (TPSA) is 47.6 Å². The maximum Gasteiger partial charge on any atom is 0.327 e. The van der Waals surface area contributed by atoms with Crippen LogP contribution in [0, 0.1) is 0 Å². The molecule has 1 aromatic carbocycles. The van der Waals surface area contributed by atoms with E-state index in [4.69, 9.17) is 9.47 Å². The third-order valence-corrected chi connectivity index (χ3v) is 3.03. The first-order valence-corrected chi connectivity index (χ1v) is 6.18. The molecular formula is C13H16BrNO3. The summed E-state index contributed by atoms with van der Waals surface area (Å²) in [7, 11) is 2.96. The smallest absolute Gasteiger partial charge is 0.327 e. The van der Waals surface area contributed by atoms with Crippen molar-refractivity contribution in [3.8, 4) is 5.75 Å². The molecular weight excluding hydrogens is 298 g/mol. The Morgan fingerprint density at radius 1 is 1.56 bits per heavy atom. The number of ether oxygens (including phenoxy) is 2. The summed E-state index contributed by atoms with van der Waals surface area (Å²) in [5, 5.41) is 3.05. The Labute approximate surface area is 115 Å². The van der Waals surface area contributed by atoms with Gasteiger partial charge >= 0.3 is 5.97 Å². The molecule has 0 aliphatic carbocycles. The maximum atomic E-state index is 11.7. The Balaban J connectivity index is 3.00. The zero-order valence-corrected chi connectivity index (χ0v) is 12.0. The number of benzene rings is 1. The van der Waals surface area contributed by atoms with Crippen molar-refractivity contribution in [2.24, 2.45) is 0 Å². The van der Waals surface area contributed by atoms with Crippen molar-refractivity contribution in [1.82, 2.24) is 5.32 Å². The van der Waals surface area contributed by atoms with Gasteiger partial charge in [-0.05, 0) is 33.6 Å². The highest BCUT2D eigenvalue weighted by atomic mass is 79.9. The van der Waals surface area contributed by atoms with Gasteiger partial charge in [-0.3, -0.25) is 5.32 Å². The molecule has 0 saturated heterocycles. The van der Waals surface area contributed by atoms with E-state index in [9.17, 15) is 4.79 Å². The molecule has 0 heterocycles. The molecule has 1 atom stereocenters. The number of methoxy groups -OCH3 is 2. The Hall–Kier alpha value is -1.33. The average molecular weight is 314 g/mol. The fourth-order valence-electron chi connectivity index (χ4n) is 1.52. The van der Waals surface area contributed by atoms with Gasteiger partial charge in [-0.25, -0.2) is 4.79 Å². The number of nitrogens with one attached hydrogen (secondary N) is 1. The van der Waals surface area contributed by atoms with E-state index in [2.05, 4.69) is 27.8 Å². The molecule has 98 valence electrons. The molecule has 1 N–H and O–H groups in total. The average Bonchev–Trinajstić information content (AvgIpc) is 2.39. The molecule has 18 heavy (non-hydrogen) atoms. The molecule has 1 aromatic rings. The van der Waals surface area contributed by atoms with Crippen LogP contribution in [0.4, 0.5) is 0 Å². The molecule has 0 spiro atoms. The molecule has 0 saturated carbocycles.